The molecule has 1 fully saturated rings. The number of urea groups is 1. The van der Waals surface area contributed by atoms with Crippen molar-refractivity contribution in [2.45, 2.75) is 31.3 Å². The Hall–Kier alpha value is -3.18. The number of halogens is 3. The number of nitrogens with zero attached hydrogens (tertiary/aromatic N) is 1. The fourth-order valence-electron chi connectivity index (χ4n) is 4.02. The number of hydrogen-bond acceptors (Lipinski definition) is 6. The molecule has 2 atom stereocenters. The van der Waals surface area contributed by atoms with E-state index < -0.39 is 24.5 Å². The molecular formula is C23H26F3N3O5. The van der Waals surface area contributed by atoms with Gasteiger partial charge in [0.15, 0.2) is 11.5 Å². The summed E-state index contributed by atoms with van der Waals surface area (Å²) < 4.78 is 51.9. The average molecular weight is 481 g/mol. The van der Waals surface area contributed by atoms with Crippen molar-refractivity contribution in [2.24, 2.45) is 0 Å². The minimum absolute atomic E-state index is 0.278. The zero-order valence-electron chi connectivity index (χ0n) is 18.3. The predicted octanol–water partition coefficient (Wildman–Crippen LogP) is 3.68. The standard InChI is InChI=1S/C23H26F3N3O5/c24-23(25,26)34-17-6-4-16(5-7-17)27-22(31)28-18(14-29-9-1-2-10-29)21(30)15-3-8-19-20(13-15)33-12-11-32-19/h3-8,13,18,21,30H,1-2,9-12,14H2,(H2,27,28,31)/t18?,21-/m1/s1. The van der Waals surface area contributed by atoms with Gasteiger partial charge in [-0.2, -0.15) is 0 Å². The van der Waals surface area contributed by atoms with Gasteiger partial charge in [0.1, 0.15) is 25.1 Å². The molecule has 0 aliphatic carbocycles. The Labute approximate surface area is 194 Å². The highest BCUT2D eigenvalue weighted by Crippen LogP contribution is 2.33. The molecule has 0 bridgehead atoms. The van der Waals surface area contributed by atoms with Crippen molar-refractivity contribution in [3.05, 3.63) is 48.0 Å². The molecule has 0 spiro atoms. The van der Waals surface area contributed by atoms with Crippen molar-refractivity contribution < 1.29 is 37.3 Å². The molecule has 2 heterocycles. The van der Waals surface area contributed by atoms with Crippen LogP contribution in [0.4, 0.5) is 23.7 Å². The molecule has 2 aliphatic heterocycles. The molecule has 2 aromatic rings. The molecule has 184 valence electrons. The average Bonchev–Trinajstić information content (AvgIpc) is 3.31. The molecule has 1 unspecified atom stereocenters. The molecule has 2 aliphatic rings. The summed E-state index contributed by atoms with van der Waals surface area (Å²) in [5.41, 5.74) is 0.850. The van der Waals surface area contributed by atoms with Crippen LogP contribution in [0, 0.1) is 0 Å². The number of anilines is 1. The second-order valence-electron chi connectivity index (χ2n) is 8.13. The van der Waals surface area contributed by atoms with Gasteiger partial charge in [-0.25, -0.2) is 4.79 Å². The molecule has 11 heteroatoms. The second kappa shape index (κ2) is 10.4. The highest BCUT2D eigenvalue weighted by atomic mass is 19.4. The van der Waals surface area contributed by atoms with E-state index in [1.165, 1.54) is 12.1 Å². The number of aliphatic hydroxyl groups excluding tert-OH is 1. The second-order valence-corrected chi connectivity index (χ2v) is 8.13. The van der Waals surface area contributed by atoms with Crippen LogP contribution in [0.1, 0.15) is 24.5 Å². The first-order valence-corrected chi connectivity index (χ1v) is 11.0. The van der Waals surface area contributed by atoms with E-state index in [1.54, 1.807) is 18.2 Å². The number of aliphatic hydroxyl groups is 1. The SMILES string of the molecule is O=C(Nc1ccc(OC(F)(F)F)cc1)NC(CN1CCCC1)[C@H](O)c1ccc2c(c1)OCCO2. The van der Waals surface area contributed by atoms with Crippen molar-refractivity contribution in [3.63, 3.8) is 0 Å². The van der Waals surface area contributed by atoms with E-state index >= 15 is 0 Å². The van der Waals surface area contributed by atoms with Crippen molar-refractivity contribution in [1.82, 2.24) is 10.2 Å². The van der Waals surface area contributed by atoms with E-state index in [2.05, 4.69) is 20.3 Å². The van der Waals surface area contributed by atoms with Gasteiger partial charge in [-0.1, -0.05) is 6.07 Å². The van der Waals surface area contributed by atoms with Crippen LogP contribution >= 0.6 is 0 Å². The van der Waals surface area contributed by atoms with Crippen molar-refractivity contribution in [3.8, 4) is 17.2 Å². The van der Waals surface area contributed by atoms with Gasteiger partial charge in [0.25, 0.3) is 0 Å². The fourth-order valence-corrected chi connectivity index (χ4v) is 4.02. The summed E-state index contributed by atoms with van der Waals surface area (Å²) in [4.78, 5) is 14.8. The van der Waals surface area contributed by atoms with Crippen molar-refractivity contribution in [2.75, 3.05) is 38.2 Å². The molecule has 8 nitrogen and oxygen atoms in total. The van der Waals surface area contributed by atoms with Gasteiger partial charge in [0, 0.05) is 12.2 Å². The third-order valence-electron chi connectivity index (χ3n) is 5.60. The van der Waals surface area contributed by atoms with E-state index in [0.717, 1.165) is 38.1 Å². The Morgan fingerprint density at radius 3 is 2.41 bits per heavy atom. The normalized spacial score (nSPS) is 17.6. The van der Waals surface area contributed by atoms with E-state index in [9.17, 15) is 23.1 Å². The zero-order chi connectivity index (χ0) is 24.1. The summed E-state index contributed by atoms with van der Waals surface area (Å²) >= 11 is 0. The van der Waals surface area contributed by atoms with Crippen LogP contribution in [0.25, 0.3) is 0 Å². The maximum absolute atomic E-state index is 12.7. The third kappa shape index (κ3) is 6.45. The smallest absolute Gasteiger partial charge is 0.486 e. The summed E-state index contributed by atoms with van der Waals surface area (Å²) in [7, 11) is 0. The lowest BCUT2D eigenvalue weighted by atomic mass is 10.0. The van der Waals surface area contributed by atoms with E-state index in [1.807, 2.05) is 0 Å². The van der Waals surface area contributed by atoms with E-state index in [4.69, 9.17) is 9.47 Å². The summed E-state index contributed by atoms with van der Waals surface area (Å²) in [6.07, 6.45) is -3.72. The Balaban J connectivity index is 1.43. The molecule has 34 heavy (non-hydrogen) atoms. The first kappa shape index (κ1) is 24.0. The monoisotopic (exact) mass is 481 g/mol. The third-order valence-corrected chi connectivity index (χ3v) is 5.60. The number of alkyl halides is 3. The maximum atomic E-state index is 12.7. The van der Waals surface area contributed by atoms with Crippen LogP contribution in [-0.2, 0) is 0 Å². The van der Waals surface area contributed by atoms with Gasteiger partial charge in [-0.15, -0.1) is 13.2 Å². The molecular weight excluding hydrogens is 455 g/mol. The maximum Gasteiger partial charge on any atom is 0.573 e. The number of hydrogen-bond donors (Lipinski definition) is 3. The lowest BCUT2D eigenvalue weighted by Crippen LogP contribution is -2.48. The van der Waals surface area contributed by atoms with Crippen molar-refractivity contribution in [1.29, 1.82) is 0 Å². The van der Waals surface area contributed by atoms with Gasteiger partial charge in [-0.3, -0.25) is 0 Å². The Morgan fingerprint density at radius 2 is 1.74 bits per heavy atom. The first-order valence-electron chi connectivity index (χ1n) is 11.0. The first-order chi connectivity index (χ1) is 16.3. The van der Waals surface area contributed by atoms with Crippen LogP contribution < -0.4 is 24.8 Å². The van der Waals surface area contributed by atoms with Gasteiger partial charge < -0.3 is 34.9 Å². The number of fused-ring (bicyclic) bond motifs is 1. The number of carbonyl (C=O) groups is 1. The number of benzene rings is 2. The molecule has 0 radical (unpaired) electrons. The van der Waals surface area contributed by atoms with Gasteiger partial charge in [0.2, 0.25) is 0 Å². The van der Waals surface area contributed by atoms with Gasteiger partial charge in [0.05, 0.1) is 6.04 Å². The molecule has 4 rings (SSSR count). The number of amides is 2. The highest BCUT2D eigenvalue weighted by molar-refractivity contribution is 5.89. The van der Waals surface area contributed by atoms with Crippen molar-refractivity contribution >= 4 is 11.7 Å². The minimum atomic E-state index is -4.79. The zero-order valence-corrected chi connectivity index (χ0v) is 18.3. The molecule has 0 aromatic heterocycles. The van der Waals surface area contributed by atoms with Crippen LogP contribution in [0.2, 0.25) is 0 Å². The quantitative estimate of drug-likeness (QED) is 0.559. The molecule has 2 aromatic carbocycles. The topological polar surface area (TPSA) is 92.3 Å². The predicted molar refractivity (Wildman–Crippen MR) is 117 cm³/mol. The number of rotatable bonds is 7. The summed E-state index contributed by atoms with van der Waals surface area (Å²) in [5, 5.41) is 16.5. The van der Waals surface area contributed by atoms with E-state index in [-0.39, 0.29) is 11.4 Å². The number of nitrogens with one attached hydrogen (secondary N) is 2. The van der Waals surface area contributed by atoms with Gasteiger partial charge >= 0.3 is 12.4 Å². The summed E-state index contributed by atoms with van der Waals surface area (Å²) in [6, 6.07) is 8.73. The fraction of sp³-hybridized carbons (Fsp3) is 0.435. The molecule has 1 saturated heterocycles. The Kier molecular flexibility index (Phi) is 7.32. The summed E-state index contributed by atoms with van der Waals surface area (Å²) in [5.74, 6) is 0.745. The van der Waals surface area contributed by atoms with Crippen LogP contribution in [0.15, 0.2) is 42.5 Å². The Morgan fingerprint density at radius 1 is 1.06 bits per heavy atom. The lowest BCUT2D eigenvalue weighted by Gasteiger charge is -2.29. The van der Waals surface area contributed by atoms with Crippen LogP contribution in [-0.4, -0.2) is 61.3 Å². The van der Waals surface area contributed by atoms with Gasteiger partial charge in [-0.05, 0) is 67.9 Å². The molecule has 2 amide bonds. The minimum Gasteiger partial charge on any atom is -0.486 e. The Bertz CT molecular complexity index is 981. The van der Waals surface area contributed by atoms with Crippen LogP contribution in [0.3, 0.4) is 0 Å². The molecule has 0 saturated carbocycles. The van der Waals surface area contributed by atoms with E-state index in [0.29, 0.717) is 36.8 Å². The largest absolute Gasteiger partial charge is 0.573 e. The summed E-state index contributed by atoms with van der Waals surface area (Å²) in [6.45, 7) is 3.04. The number of likely N-dealkylation sites (tertiary alicyclic amines) is 1. The molecule has 3 N–H and O–H groups in total. The number of carbonyl (C=O) groups excluding carboxylic acids is 1. The number of ether oxygens (including phenoxy) is 3. The lowest BCUT2D eigenvalue weighted by molar-refractivity contribution is -0.274. The van der Waals surface area contributed by atoms with Crippen LogP contribution in [0.5, 0.6) is 17.2 Å². The highest BCUT2D eigenvalue weighted by Gasteiger charge is 2.31.